The van der Waals surface area contributed by atoms with Gasteiger partial charge in [-0.05, 0) is 43.5 Å². The predicted molar refractivity (Wildman–Crippen MR) is 75.0 cm³/mol. The predicted octanol–water partition coefficient (Wildman–Crippen LogP) is 2.88. The Morgan fingerprint density at radius 2 is 2.16 bits per heavy atom. The highest BCUT2D eigenvalue weighted by molar-refractivity contribution is 7.20. The summed E-state index contributed by atoms with van der Waals surface area (Å²) >= 11 is 1.35. The van der Waals surface area contributed by atoms with Gasteiger partial charge in [-0.2, -0.15) is 0 Å². The minimum absolute atomic E-state index is 0.0154. The molecule has 0 unspecified atom stereocenters. The van der Waals surface area contributed by atoms with Gasteiger partial charge in [0.2, 0.25) is 0 Å². The number of aliphatic hydroxyl groups is 1. The van der Waals surface area contributed by atoms with Crippen LogP contribution in [0.2, 0.25) is 0 Å². The van der Waals surface area contributed by atoms with Crippen LogP contribution in [0, 0.1) is 5.82 Å². The fourth-order valence-corrected chi connectivity index (χ4v) is 2.96. The molecular formula is C14H16FNO2S. The number of fused-ring (bicyclic) bond motifs is 1. The molecule has 0 bridgehead atoms. The molecule has 2 aromatic rings. The number of thiophene rings is 1. The van der Waals surface area contributed by atoms with Gasteiger partial charge < -0.3 is 10.0 Å². The average molecular weight is 281 g/mol. The highest BCUT2D eigenvalue weighted by Gasteiger charge is 2.20. The molecule has 1 aromatic carbocycles. The zero-order valence-electron chi connectivity index (χ0n) is 10.9. The minimum atomic E-state index is -0.305. The molecule has 0 saturated carbocycles. The molecule has 0 fully saturated rings. The highest BCUT2D eigenvalue weighted by atomic mass is 32.1. The zero-order chi connectivity index (χ0) is 14.0. The van der Waals surface area contributed by atoms with Gasteiger partial charge in [0.25, 0.3) is 5.91 Å². The first-order chi connectivity index (χ1) is 9.02. The van der Waals surface area contributed by atoms with Crippen molar-refractivity contribution in [2.45, 2.75) is 19.9 Å². The molecule has 19 heavy (non-hydrogen) atoms. The van der Waals surface area contributed by atoms with E-state index in [1.807, 2.05) is 13.8 Å². The van der Waals surface area contributed by atoms with E-state index < -0.39 is 0 Å². The van der Waals surface area contributed by atoms with E-state index in [1.165, 1.54) is 23.5 Å². The van der Waals surface area contributed by atoms with Crippen LogP contribution in [-0.4, -0.2) is 35.1 Å². The van der Waals surface area contributed by atoms with Crippen LogP contribution in [0.15, 0.2) is 24.3 Å². The maximum atomic E-state index is 13.1. The normalized spacial score (nSPS) is 11.2. The first-order valence-corrected chi connectivity index (χ1v) is 6.95. The average Bonchev–Trinajstić information content (AvgIpc) is 2.77. The maximum absolute atomic E-state index is 13.1. The monoisotopic (exact) mass is 281 g/mol. The van der Waals surface area contributed by atoms with Crippen molar-refractivity contribution in [2.75, 3.05) is 13.2 Å². The number of carbonyl (C=O) groups is 1. The molecule has 1 heterocycles. The fourth-order valence-electron chi connectivity index (χ4n) is 1.96. The first kappa shape index (κ1) is 14.0. The topological polar surface area (TPSA) is 40.5 Å². The molecule has 1 aromatic heterocycles. The molecule has 0 aliphatic rings. The van der Waals surface area contributed by atoms with Gasteiger partial charge in [-0.15, -0.1) is 11.3 Å². The lowest BCUT2D eigenvalue weighted by molar-refractivity contribution is 0.0670. The van der Waals surface area contributed by atoms with Crippen molar-refractivity contribution in [3.8, 4) is 0 Å². The SMILES string of the molecule is CC(C)N(CCO)C(=O)c1cc2cc(F)ccc2s1. The summed E-state index contributed by atoms with van der Waals surface area (Å²) in [6.07, 6.45) is 0. The molecule has 0 atom stereocenters. The van der Waals surface area contributed by atoms with Crippen LogP contribution in [0.1, 0.15) is 23.5 Å². The van der Waals surface area contributed by atoms with Crippen LogP contribution in [0.3, 0.4) is 0 Å². The van der Waals surface area contributed by atoms with Crippen LogP contribution in [0.5, 0.6) is 0 Å². The number of carbonyl (C=O) groups excluding carboxylic acids is 1. The van der Waals surface area contributed by atoms with Crippen molar-refractivity contribution in [2.24, 2.45) is 0 Å². The summed E-state index contributed by atoms with van der Waals surface area (Å²) in [5.41, 5.74) is 0. The van der Waals surface area contributed by atoms with E-state index in [-0.39, 0.29) is 24.4 Å². The summed E-state index contributed by atoms with van der Waals surface area (Å²) in [6, 6.07) is 6.22. The van der Waals surface area contributed by atoms with Crippen LogP contribution < -0.4 is 0 Å². The van der Waals surface area contributed by atoms with E-state index in [0.29, 0.717) is 11.4 Å². The van der Waals surface area contributed by atoms with E-state index in [0.717, 1.165) is 10.1 Å². The standard InChI is InChI=1S/C14H16FNO2S/c1-9(2)16(5-6-17)14(18)13-8-10-7-11(15)3-4-12(10)19-13/h3-4,7-9,17H,5-6H2,1-2H3. The van der Waals surface area contributed by atoms with E-state index in [4.69, 9.17) is 5.11 Å². The van der Waals surface area contributed by atoms with Gasteiger partial charge in [-0.3, -0.25) is 4.79 Å². The van der Waals surface area contributed by atoms with Gasteiger partial charge in [0.1, 0.15) is 5.82 Å². The van der Waals surface area contributed by atoms with E-state index in [2.05, 4.69) is 0 Å². The molecule has 0 aliphatic heterocycles. The lowest BCUT2D eigenvalue weighted by Crippen LogP contribution is -2.38. The molecule has 102 valence electrons. The van der Waals surface area contributed by atoms with Crippen molar-refractivity contribution in [3.05, 3.63) is 35.0 Å². The Labute approximate surface area is 115 Å². The van der Waals surface area contributed by atoms with Crippen molar-refractivity contribution < 1.29 is 14.3 Å². The summed E-state index contributed by atoms with van der Waals surface area (Å²) in [4.78, 5) is 14.5. The number of benzene rings is 1. The van der Waals surface area contributed by atoms with Crippen LogP contribution in [0.4, 0.5) is 4.39 Å². The quantitative estimate of drug-likeness (QED) is 0.936. The molecule has 5 heteroatoms. The molecule has 0 spiro atoms. The third kappa shape index (κ3) is 2.93. The van der Waals surface area contributed by atoms with Gasteiger partial charge in [-0.1, -0.05) is 0 Å². The largest absolute Gasteiger partial charge is 0.395 e. The lowest BCUT2D eigenvalue weighted by atomic mass is 10.2. The lowest BCUT2D eigenvalue weighted by Gasteiger charge is -2.25. The number of hydrogen-bond acceptors (Lipinski definition) is 3. The second-order valence-corrected chi connectivity index (χ2v) is 5.69. The zero-order valence-corrected chi connectivity index (χ0v) is 11.7. The molecule has 1 N–H and O–H groups in total. The molecule has 0 saturated heterocycles. The number of aliphatic hydroxyl groups excluding tert-OH is 1. The third-order valence-corrected chi connectivity index (χ3v) is 4.02. The molecule has 3 nitrogen and oxygen atoms in total. The number of rotatable bonds is 4. The number of hydrogen-bond donors (Lipinski definition) is 1. The summed E-state index contributed by atoms with van der Waals surface area (Å²) in [7, 11) is 0. The van der Waals surface area contributed by atoms with Crippen molar-refractivity contribution in [1.82, 2.24) is 4.90 Å². The number of nitrogens with zero attached hydrogens (tertiary/aromatic N) is 1. The Bertz CT molecular complexity index is 594. The summed E-state index contributed by atoms with van der Waals surface area (Å²) in [6.45, 7) is 4.05. The highest BCUT2D eigenvalue weighted by Crippen LogP contribution is 2.27. The molecule has 0 aliphatic carbocycles. The summed E-state index contributed by atoms with van der Waals surface area (Å²) < 4.78 is 14.0. The summed E-state index contributed by atoms with van der Waals surface area (Å²) in [5, 5.41) is 9.75. The number of amides is 1. The third-order valence-electron chi connectivity index (χ3n) is 2.91. The van der Waals surface area contributed by atoms with Crippen molar-refractivity contribution >= 4 is 27.3 Å². The Kier molecular flexibility index (Phi) is 4.17. The van der Waals surface area contributed by atoms with Gasteiger partial charge in [0.05, 0.1) is 11.5 Å². The molecular weight excluding hydrogens is 265 g/mol. The molecule has 2 rings (SSSR count). The summed E-state index contributed by atoms with van der Waals surface area (Å²) in [5.74, 6) is -0.425. The van der Waals surface area contributed by atoms with E-state index >= 15 is 0 Å². The molecule has 1 amide bonds. The van der Waals surface area contributed by atoms with E-state index in [1.54, 1.807) is 17.0 Å². The van der Waals surface area contributed by atoms with Gasteiger partial charge in [0, 0.05) is 17.3 Å². The minimum Gasteiger partial charge on any atom is -0.395 e. The van der Waals surface area contributed by atoms with Gasteiger partial charge in [0.15, 0.2) is 0 Å². The van der Waals surface area contributed by atoms with E-state index in [9.17, 15) is 9.18 Å². The molecule has 0 radical (unpaired) electrons. The van der Waals surface area contributed by atoms with Crippen LogP contribution in [-0.2, 0) is 0 Å². The second kappa shape index (κ2) is 5.67. The van der Waals surface area contributed by atoms with Gasteiger partial charge in [-0.25, -0.2) is 4.39 Å². The van der Waals surface area contributed by atoms with Crippen LogP contribution in [0.25, 0.3) is 10.1 Å². The number of halogens is 1. The fraction of sp³-hybridized carbons (Fsp3) is 0.357. The van der Waals surface area contributed by atoms with Gasteiger partial charge >= 0.3 is 0 Å². The van der Waals surface area contributed by atoms with Crippen LogP contribution >= 0.6 is 11.3 Å². The Hall–Kier alpha value is -1.46. The van der Waals surface area contributed by atoms with Crippen molar-refractivity contribution in [1.29, 1.82) is 0 Å². The Morgan fingerprint density at radius 3 is 2.79 bits per heavy atom. The Morgan fingerprint density at radius 1 is 1.42 bits per heavy atom. The smallest absolute Gasteiger partial charge is 0.264 e. The Balaban J connectivity index is 2.34. The first-order valence-electron chi connectivity index (χ1n) is 6.14. The maximum Gasteiger partial charge on any atom is 0.264 e. The van der Waals surface area contributed by atoms with Crippen molar-refractivity contribution in [3.63, 3.8) is 0 Å². The second-order valence-electron chi connectivity index (χ2n) is 4.61.